The van der Waals surface area contributed by atoms with Crippen molar-refractivity contribution in [3.05, 3.63) is 87.7 Å². The molecule has 1 amide bonds. The molecule has 0 aliphatic carbocycles. The first kappa shape index (κ1) is 21.3. The van der Waals surface area contributed by atoms with E-state index in [1.807, 2.05) is 54.8 Å². The second-order valence-corrected chi connectivity index (χ2v) is 7.18. The summed E-state index contributed by atoms with van der Waals surface area (Å²) < 4.78 is 6.73. The average molecular weight is 424 g/mol. The Morgan fingerprint density at radius 1 is 1.13 bits per heavy atom. The van der Waals surface area contributed by atoms with Crippen LogP contribution in [0.5, 0.6) is 0 Å². The lowest BCUT2D eigenvalue weighted by atomic mass is 10.1. The van der Waals surface area contributed by atoms with Gasteiger partial charge >= 0.3 is 5.97 Å². The number of methoxy groups -OCH3 is 1. The molecule has 3 rings (SSSR count). The lowest BCUT2D eigenvalue weighted by molar-refractivity contribution is -0.120. The first-order valence-electron chi connectivity index (χ1n) is 9.33. The second-order valence-electron chi connectivity index (χ2n) is 6.78. The van der Waals surface area contributed by atoms with Crippen molar-refractivity contribution in [3.63, 3.8) is 0 Å². The van der Waals surface area contributed by atoms with Gasteiger partial charge in [0.2, 0.25) is 5.91 Å². The van der Waals surface area contributed by atoms with E-state index < -0.39 is 5.97 Å². The molecule has 0 aliphatic rings. The number of rotatable bonds is 6. The van der Waals surface area contributed by atoms with E-state index in [4.69, 9.17) is 16.3 Å². The molecule has 3 aromatic rings. The van der Waals surface area contributed by atoms with Gasteiger partial charge in [0.05, 0.1) is 36.0 Å². The number of amides is 1. The Bertz CT molecular complexity index is 1100. The monoisotopic (exact) mass is 423 g/mol. The van der Waals surface area contributed by atoms with Crippen LogP contribution in [-0.2, 0) is 16.0 Å². The van der Waals surface area contributed by atoms with Crippen LogP contribution >= 0.6 is 11.6 Å². The molecular weight excluding hydrogens is 402 g/mol. The minimum atomic E-state index is -0.432. The van der Waals surface area contributed by atoms with E-state index in [1.54, 1.807) is 24.4 Å². The lowest BCUT2D eigenvalue weighted by Gasteiger charge is -2.13. The molecule has 0 saturated carbocycles. The summed E-state index contributed by atoms with van der Waals surface area (Å²) in [7, 11) is 1.34. The molecule has 154 valence electrons. The number of halogens is 1. The first-order chi connectivity index (χ1) is 14.4. The molecule has 0 atom stereocenters. The number of aryl methyl sites for hydroxylation is 1. The number of benzene rings is 2. The fraction of sp³-hybridized carbons (Fsp3) is 0.174. The summed E-state index contributed by atoms with van der Waals surface area (Å²) in [5.41, 5.74) is 7.16. The largest absolute Gasteiger partial charge is 0.465 e. The molecule has 0 aliphatic heterocycles. The number of nitrogens with one attached hydrogen (secondary N) is 1. The van der Waals surface area contributed by atoms with Crippen LogP contribution in [-0.4, -0.2) is 29.8 Å². The Balaban J connectivity index is 1.80. The maximum atomic E-state index is 12.1. The van der Waals surface area contributed by atoms with Crippen LogP contribution in [0.3, 0.4) is 0 Å². The van der Waals surface area contributed by atoms with Gasteiger partial charge in [-0.05, 0) is 43.7 Å². The summed E-state index contributed by atoms with van der Waals surface area (Å²) in [6.07, 6.45) is 1.85. The van der Waals surface area contributed by atoms with Crippen molar-refractivity contribution in [1.29, 1.82) is 0 Å². The molecule has 0 spiro atoms. The fourth-order valence-electron chi connectivity index (χ4n) is 3.21. The van der Waals surface area contributed by atoms with Gasteiger partial charge in [-0.15, -0.1) is 0 Å². The molecule has 0 radical (unpaired) electrons. The number of hydrazone groups is 1. The van der Waals surface area contributed by atoms with Crippen LogP contribution in [0.25, 0.3) is 5.69 Å². The van der Waals surface area contributed by atoms with Crippen molar-refractivity contribution in [2.45, 2.75) is 20.3 Å². The molecule has 0 bridgehead atoms. The molecule has 6 nitrogen and oxygen atoms in total. The molecule has 2 aromatic carbocycles. The maximum Gasteiger partial charge on any atom is 0.337 e. The van der Waals surface area contributed by atoms with Crippen molar-refractivity contribution in [2.24, 2.45) is 5.10 Å². The third kappa shape index (κ3) is 4.78. The Morgan fingerprint density at radius 2 is 1.87 bits per heavy atom. The maximum absolute atomic E-state index is 12.1. The van der Waals surface area contributed by atoms with Crippen LogP contribution in [0, 0.1) is 13.8 Å². The van der Waals surface area contributed by atoms with E-state index in [9.17, 15) is 9.59 Å². The number of carbonyl (C=O) groups is 2. The van der Waals surface area contributed by atoms with E-state index in [0.29, 0.717) is 16.3 Å². The molecule has 0 unspecified atom stereocenters. The Hall–Kier alpha value is -3.38. The standard InChI is InChI=1S/C23H22ClN3O3/c1-15-11-19(14-25-26-22(28)12-17-7-5-4-6-8-17)16(2)27(15)21-13-18(23(29)30-3)9-10-20(21)24/h4-11,13-14H,12H2,1-3H3,(H,26,28)/b25-14+. The molecule has 0 fully saturated rings. The topological polar surface area (TPSA) is 72.7 Å². The Labute approximate surface area is 180 Å². The van der Waals surface area contributed by atoms with Crippen LogP contribution < -0.4 is 5.43 Å². The van der Waals surface area contributed by atoms with Crippen molar-refractivity contribution >= 4 is 29.7 Å². The van der Waals surface area contributed by atoms with Gasteiger partial charge in [0, 0.05) is 17.0 Å². The van der Waals surface area contributed by atoms with E-state index in [-0.39, 0.29) is 12.3 Å². The number of ether oxygens (including phenoxy) is 1. The van der Waals surface area contributed by atoms with Crippen molar-refractivity contribution in [1.82, 2.24) is 9.99 Å². The quantitative estimate of drug-likeness (QED) is 0.366. The normalized spacial score (nSPS) is 10.9. The van der Waals surface area contributed by atoms with Gasteiger partial charge in [0.1, 0.15) is 0 Å². The number of hydrogen-bond acceptors (Lipinski definition) is 4. The van der Waals surface area contributed by atoms with Crippen molar-refractivity contribution < 1.29 is 14.3 Å². The SMILES string of the molecule is COC(=O)c1ccc(Cl)c(-n2c(C)cc(/C=N/NC(=O)Cc3ccccc3)c2C)c1. The van der Waals surface area contributed by atoms with Gasteiger partial charge in [-0.25, -0.2) is 10.2 Å². The lowest BCUT2D eigenvalue weighted by Crippen LogP contribution is -2.19. The average Bonchev–Trinajstić information content (AvgIpc) is 3.01. The van der Waals surface area contributed by atoms with Gasteiger partial charge in [-0.1, -0.05) is 41.9 Å². The molecule has 0 saturated heterocycles. The number of nitrogens with zero attached hydrogens (tertiary/aromatic N) is 2. The second kappa shape index (κ2) is 9.41. The molecule has 1 heterocycles. The van der Waals surface area contributed by atoms with Gasteiger partial charge in [-0.2, -0.15) is 5.10 Å². The smallest absolute Gasteiger partial charge is 0.337 e. The predicted octanol–water partition coefficient (Wildman–Crippen LogP) is 4.23. The van der Waals surface area contributed by atoms with Gasteiger partial charge in [-0.3, -0.25) is 4.79 Å². The summed E-state index contributed by atoms with van der Waals surface area (Å²) in [5, 5.41) is 4.59. The highest BCUT2D eigenvalue weighted by Gasteiger charge is 2.15. The summed E-state index contributed by atoms with van der Waals surface area (Å²) >= 11 is 6.39. The zero-order valence-electron chi connectivity index (χ0n) is 17.0. The number of hydrogen-bond donors (Lipinski definition) is 1. The van der Waals surface area contributed by atoms with Gasteiger partial charge in [0.15, 0.2) is 0 Å². The third-order valence-electron chi connectivity index (χ3n) is 4.68. The zero-order chi connectivity index (χ0) is 21.7. The summed E-state index contributed by atoms with van der Waals surface area (Å²) in [6.45, 7) is 3.85. The van der Waals surface area contributed by atoms with E-state index in [2.05, 4.69) is 10.5 Å². The first-order valence-corrected chi connectivity index (χ1v) is 9.71. The van der Waals surface area contributed by atoms with Crippen LogP contribution in [0.15, 0.2) is 59.7 Å². The summed E-state index contributed by atoms with van der Waals surface area (Å²) in [6, 6.07) is 16.4. The van der Waals surface area contributed by atoms with Gasteiger partial charge in [0.25, 0.3) is 0 Å². The minimum absolute atomic E-state index is 0.194. The molecule has 30 heavy (non-hydrogen) atoms. The third-order valence-corrected chi connectivity index (χ3v) is 5.00. The van der Waals surface area contributed by atoms with Crippen LogP contribution in [0.2, 0.25) is 5.02 Å². The van der Waals surface area contributed by atoms with Crippen LogP contribution in [0.4, 0.5) is 0 Å². The van der Waals surface area contributed by atoms with Crippen molar-refractivity contribution in [2.75, 3.05) is 7.11 Å². The minimum Gasteiger partial charge on any atom is -0.465 e. The molecule has 1 N–H and O–H groups in total. The summed E-state index contributed by atoms with van der Waals surface area (Å²) in [4.78, 5) is 23.9. The highest BCUT2D eigenvalue weighted by molar-refractivity contribution is 6.32. The van der Waals surface area contributed by atoms with E-state index >= 15 is 0 Å². The summed E-state index contributed by atoms with van der Waals surface area (Å²) in [5.74, 6) is -0.627. The van der Waals surface area contributed by atoms with E-state index in [1.165, 1.54) is 7.11 Å². The Kier molecular flexibility index (Phi) is 6.69. The highest BCUT2D eigenvalue weighted by atomic mass is 35.5. The highest BCUT2D eigenvalue weighted by Crippen LogP contribution is 2.27. The number of esters is 1. The predicted molar refractivity (Wildman–Crippen MR) is 117 cm³/mol. The van der Waals surface area contributed by atoms with Crippen LogP contribution in [0.1, 0.15) is 32.9 Å². The fourth-order valence-corrected chi connectivity index (χ4v) is 3.41. The number of aromatic nitrogens is 1. The molecule has 7 heteroatoms. The molecular formula is C23H22ClN3O3. The van der Waals surface area contributed by atoms with E-state index in [0.717, 1.165) is 22.5 Å². The number of carbonyl (C=O) groups excluding carboxylic acids is 2. The van der Waals surface area contributed by atoms with Gasteiger partial charge < -0.3 is 9.30 Å². The van der Waals surface area contributed by atoms with Crippen molar-refractivity contribution in [3.8, 4) is 5.69 Å². The molecule has 1 aromatic heterocycles. The zero-order valence-corrected chi connectivity index (χ0v) is 17.7. The Morgan fingerprint density at radius 3 is 2.57 bits per heavy atom.